The van der Waals surface area contributed by atoms with Gasteiger partial charge in [-0.15, -0.1) is 0 Å². The minimum absolute atomic E-state index is 0.00305. The SMILES string of the molecule is C[C@@H]1[C@@H](C(=O)N[C@@H]2C(=O)N3CCC[C@H](N3)C(=O)OCC(C)(C)Cc3c(-c4cccnc4)n([C@H]4CC[C@@H](C#N)C4)c4ccc(cc34)-c3coc(n3)[C@H]2N2CC3(COC3)C2)[C@@H]1c1ccncn1. The van der Waals surface area contributed by atoms with Gasteiger partial charge < -0.3 is 23.8 Å². The van der Waals surface area contributed by atoms with Gasteiger partial charge in [0.05, 0.1) is 31.6 Å². The third kappa shape index (κ3) is 7.47. The Bertz CT molecular complexity index is 2680. The Balaban J connectivity index is 1.04. The summed E-state index contributed by atoms with van der Waals surface area (Å²) in [6.07, 6.45) is 12.5. The molecule has 4 aromatic heterocycles. The second-order valence-electron chi connectivity index (χ2n) is 20.2. The number of nitriles is 1. The zero-order valence-electron chi connectivity index (χ0n) is 37.0. The summed E-state index contributed by atoms with van der Waals surface area (Å²) in [5.41, 5.74) is 9.03. The number of esters is 1. The fraction of sp³-hybridized carbons (Fsp3) is 0.510. The minimum Gasteiger partial charge on any atom is -0.464 e. The van der Waals surface area contributed by atoms with Gasteiger partial charge >= 0.3 is 5.97 Å². The fourth-order valence-corrected chi connectivity index (χ4v) is 11.4. The van der Waals surface area contributed by atoms with Crippen molar-refractivity contribution in [3.63, 3.8) is 0 Å². The van der Waals surface area contributed by atoms with E-state index in [1.807, 2.05) is 25.3 Å². The number of oxazole rings is 1. The van der Waals surface area contributed by atoms with Crippen LogP contribution in [0.5, 0.6) is 0 Å². The number of hydrogen-bond donors (Lipinski definition) is 2. The summed E-state index contributed by atoms with van der Waals surface area (Å²) in [5.74, 6) is -1.34. The van der Waals surface area contributed by atoms with Gasteiger partial charge in [0.1, 0.15) is 36.4 Å². The molecule has 0 radical (unpaired) electrons. The molecule has 4 aliphatic heterocycles. The molecule has 3 saturated heterocycles. The van der Waals surface area contributed by atoms with Gasteiger partial charge in [-0.2, -0.15) is 5.26 Å². The number of fused-ring (bicyclic) bond motifs is 6. The average molecular weight is 879 g/mol. The second-order valence-corrected chi connectivity index (χ2v) is 20.2. The Hall–Kier alpha value is -6.02. The maximum absolute atomic E-state index is 15.2. The zero-order valence-corrected chi connectivity index (χ0v) is 37.0. The minimum atomic E-state index is -1.12. The van der Waals surface area contributed by atoms with Gasteiger partial charge in [-0.1, -0.05) is 26.8 Å². The highest BCUT2D eigenvalue weighted by molar-refractivity contribution is 5.95. The predicted octanol–water partition coefficient (Wildman–Crippen LogP) is 5.54. The van der Waals surface area contributed by atoms with E-state index >= 15 is 4.79 Å². The molecule has 16 heteroatoms. The Kier molecular flexibility index (Phi) is 10.3. The van der Waals surface area contributed by atoms with Crippen LogP contribution in [0.3, 0.4) is 0 Å². The molecule has 65 heavy (non-hydrogen) atoms. The molecule has 6 aliphatic rings. The second kappa shape index (κ2) is 16.1. The third-order valence-electron chi connectivity index (χ3n) is 14.9. The van der Waals surface area contributed by atoms with Crippen molar-refractivity contribution in [3.05, 3.63) is 84.7 Å². The van der Waals surface area contributed by atoms with Gasteiger partial charge in [-0.25, -0.2) is 20.4 Å². The van der Waals surface area contributed by atoms with Gasteiger partial charge in [0.25, 0.3) is 5.91 Å². The first-order valence-electron chi connectivity index (χ1n) is 23.0. The first-order valence-corrected chi connectivity index (χ1v) is 23.0. The molecule has 11 rings (SSSR count). The van der Waals surface area contributed by atoms with Crippen LogP contribution < -0.4 is 10.7 Å². The van der Waals surface area contributed by atoms with Crippen LogP contribution in [0.2, 0.25) is 0 Å². The standard InChI is InChI=1S/C49H54N10O6/c1-28-39(35-12-14-52-27-53-35)40(28)44(60)55-41-43(57-22-49(23-57)25-63-26-49)45-54-37(21-64-45)30-9-11-38-33(17-30)34(18-48(2,3)24-65-47(62)36-7-5-15-58(56-36)46(41)61)42(31-6-4-13-51-20-31)59(38)32-10-8-29(16-32)19-50/h4,6,9,11-14,17,20-21,27-29,32,36,39-41,43,56H,5,7-8,10,15-16,18,22-26H2,1-3H3,(H,55,60)/t28-,29+,32-,36-,39-,40+,41-,43-/m0/s1. The van der Waals surface area contributed by atoms with E-state index in [1.165, 1.54) is 11.3 Å². The molecule has 8 heterocycles. The lowest BCUT2D eigenvalue weighted by Gasteiger charge is -2.57. The van der Waals surface area contributed by atoms with E-state index in [-0.39, 0.29) is 47.6 Å². The van der Waals surface area contributed by atoms with Crippen molar-refractivity contribution in [2.75, 3.05) is 39.5 Å². The largest absolute Gasteiger partial charge is 0.464 e. The summed E-state index contributed by atoms with van der Waals surface area (Å²) in [5, 5.41) is 15.7. The topological polar surface area (TPSA) is 194 Å². The van der Waals surface area contributed by atoms with Crippen LogP contribution in [0.25, 0.3) is 33.4 Å². The summed E-state index contributed by atoms with van der Waals surface area (Å²) in [4.78, 5) is 64.1. The number of aromatic nitrogens is 5. The molecule has 2 saturated carbocycles. The maximum atomic E-state index is 15.2. The van der Waals surface area contributed by atoms with Crippen LogP contribution in [0, 0.1) is 39.9 Å². The molecule has 5 aromatic rings. The summed E-state index contributed by atoms with van der Waals surface area (Å²) in [6.45, 7) is 9.19. The lowest BCUT2D eigenvalue weighted by Crippen LogP contribution is -2.70. The van der Waals surface area contributed by atoms with E-state index in [0.717, 1.165) is 58.2 Å². The van der Waals surface area contributed by atoms with E-state index in [1.54, 1.807) is 18.7 Å². The molecule has 1 aromatic carbocycles. The monoisotopic (exact) mass is 878 g/mol. The Morgan fingerprint density at radius 2 is 1.89 bits per heavy atom. The third-order valence-corrected chi connectivity index (χ3v) is 14.9. The van der Waals surface area contributed by atoms with Crippen molar-refractivity contribution in [1.29, 1.82) is 5.26 Å². The lowest BCUT2D eigenvalue weighted by atomic mass is 9.76. The molecule has 6 bridgehead atoms. The van der Waals surface area contributed by atoms with Crippen molar-refractivity contribution in [3.8, 4) is 28.6 Å². The quantitative estimate of drug-likeness (QED) is 0.202. The number of benzene rings is 1. The van der Waals surface area contributed by atoms with E-state index in [2.05, 4.69) is 79.3 Å². The number of pyridine rings is 1. The van der Waals surface area contributed by atoms with E-state index in [0.29, 0.717) is 63.7 Å². The van der Waals surface area contributed by atoms with Crippen LogP contribution in [-0.2, 0) is 30.3 Å². The molecule has 2 amide bonds. The normalized spacial score (nSPS) is 29.6. The number of hydrogen-bond acceptors (Lipinski definition) is 13. The number of nitrogens with one attached hydrogen (secondary N) is 2. The fourth-order valence-electron chi connectivity index (χ4n) is 11.4. The van der Waals surface area contributed by atoms with Crippen LogP contribution in [-0.4, -0.2) is 104 Å². The van der Waals surface area contributed by atoms with Gasteiger partial charge in [0.2, 0.25) is 11.8 Å². The molecule has 2 aliphatic carbocycles. The summed E-state index contributed by atoms with van der Waals surface area (Å²) in [7, 11) is 0. The summed E-state index contributed by atoms with van der Waals surface area (Å²) >= 11 is 0. The van der Waals surface area contributed by atoms with Crippen molar-refractivity contribution in [1.82, 2.24) is 45.2 Å². The molecule has 1 spiro atoms. The van der Waals surface area contributed by atoms with Crippen LogP contribution in [0.15, 0.2) is 72.0 Å². The van der Waals surface area contributed by atoms with Crippen LogP contribution in [0.1, 0.15) is 88.0 Å². The van der Waals surface area contributed by atoms with E-state index in [9.17, 15) is 14.9 Å². The van der Waals surface area contributed by atoms with Gasteiger partial charge in [0.15, 0.2) is 0 Å². The molecule has 336 valence electrons. The van der Waals surface area contributed by atoms with Crippen molar-refractivity contribution >= 4 is 28.7 Å². The first-order chi connectivity index (χ1) is 31.5. The lowest BCUT2D eigenvalue weighted by molar-refractivity contribution is -0.204. The molecular weight excluding hydrogens is 825 g/mol. The Morgan fingerprint density at radius 1 is 1.03 bits per heavy atom. The molecule has 8 atom stereocenters. The number of nitrogens with zero attached hydrogens (tertiary/aromatic N) is 8. The Morgan fingerprint density at radius 3 is 2.63 bits per heavy atom. The van der Waals surface area contributed by atoms with Gasteiger partial charge in [0, 0.05) is 101 Å². The first kappa shape index (κ1) is 41.7. The number of carbonyl (C=O) groups excluding carboxylic acids is 3. The zero-order chi connectivity index (χ0) is 44.6. The average Bonchev–Trinajstić information content (AvgIpc) is 3.67. The molecule has 0 unspecified atom stereocenters. The predicted molar refractivity (Wildman–Crippen MR) is 236 cm³/mol. The smallest absolute Gasteiger partial charge is 0.324 e. The highest BCUT2D eigenvalue weighted by atomic mass is 16.5. The van der Waals surface area contributed by atoms with Crippen molar-refractivity contribution in [2.24, 2.45) is 28.6 Å². The van der Waals surface area contributed by atoms with Gasteiger partial charge in [-0.3, -0.25) is 29.3 Å². The summed E-state index contributed by atoms with van der Waals surface area (Å²) < 4.78 is 20.7. The maximum Gasteiger partial charge on any atom is 0.324 e. The number of carbonyl (C=O) groups is 3. The van der Waals surface area contributed by atoms with Crippen molar-refractivity contribution < 1.29 is 28.3 Å². The van der Waals surface area contributed by atoms with E-state index in [4.69, 9.17) is 18.9 Å². The number of amides is 2. The number of likely N-dealkylation sites (tertiary alicyclic amines) is 1. The van der Waals surface area contributed by atoms with Crippen LogP contribution in [0.4, 0.5) is 0 Å². The van der Waals surface area contributed by atoms with Crippen molar-refractivity contribution in [2.45, 2.75) is 89.4 Å². The molecule has 5 fully saturated rings. The van der Waals surface area contributed by atoms with Gasteiger partial charge in [-0.05, 0) is 80.3 Å². The molecule has 2 N–H and O–H groups in total. The Labute approximate surface area is 377 Å². The number of hydrazine groups is 1. The summed E-state index contributed by atoms with van der Waals surface area (Å²) in [6, 6.07) is 12.2. The highest BCUT2D eigenvalue weighted by Crippen LogP contribution is 2.53. The number of rotatable bonds is 6. The van der Waals surface area contributed by atoms with E-state index < -0.39 is 35.4 Å². The number of cyclic esters (lactones) is 1. The molecule has 16 nitrogen and oxygen atoms in total. The highest BCUT2D eigenvalue weighted by Gasteiger charge is 2.57. The number of ether oxygens (including phenoxy) is 2. The van der Waals surface area contributed by atoms with Crippen LogP contribution >= 0.6 is 0 Å². The molecular formula is C49H54N10O6.